The van der Waals surface area contributed by atoms with E-state index in [1.165, 1.54) is 33.0 Å². The van der Waals surface area contributed by atoms with E-state index in [9.17, 15) is 23.1 Å². The molecule has 0 fully saturated rings. The number of anilines is 2. The lowest BCUT2D eigenvalue weighted by atomic mass is 10.0. The molecule has 2 aliphatic heterocycles. The van der Waals surface area contributed by atoms with E-state index in [-0.39, 0.29) is 60.8 Å². The van der Waals surface area contributed by atoms with E-state index in [0.717, 1.165) is 12.8 Å². The molecule has 0 saturated heterocycles. The Bertz CT molecular complexity index is 1770. The Kier molecular flexibility index (Phi) is 11.8. The van der Waals surface area contributed by atoms with Crippen molar-refractivity contribution in [2.45, 2.75) is 63.3 Å². The van der Waals surface area contributed by atoms with Gasteiger partial charge in [-0.15, -0.1) is 0 Å². The third-order valence-electron chi connectivity index (χ3n) is 8.68. The first-order valence-corrected chi connectivity index (χ1v) is 18.1. The zero-order valence-corrected chi connectivity index (χ0v) is 29.8. The maximum absolute atomic E-state index is 14.4. The molecule has 4 atom stereocenters. The number of ether oxygens (including phenoxy) is 4. The van der Waals surface area contributed by atoms with Crippen LogP contribution in [0.2, 0.25) is 0 Å². The molecule has 3 aromatic rings. The van der Waals surface area contributed by atoms with Gasteiger partial charge in [-0.3, -0.25) is 9.52 Å². The molecule has 0 spiro atoms. The van der Waals surface area contributed by atoms with Crippen molar-refractivity contribution in [2.24, 2.45) is 13.0 Å². The molecule has 15 nitrogen and oxygen atoms in total. The van der Waals surface area contributed by atoms with Crippen molar-refractivity contribution < 1.29 is 42.1 Å². The molecule has 0 saturated carbocycles. The van der Waals surface area contributed by atoms with Gasteiger partial charge in [0.1, 0.15) is 5.75 Å². The number of fused-ring (bicyclic) bond motifs is 2. The van der Waals surface area contributed by atoms with E-state index in [4.69, 9.17) is 18.9 Å². The Morgan fingerprint density at radius 1 is 1.10 bits per heavy atom. The number of benzene rings is 2. The van der Waals surface area contributed by atoms with E-state index in [1.54, 1.807) is 51.4 Å². The second kappa shape index (κ2) is 16.0. The molecule has 2 aliphatic rings. The number of carbonyl (C=O) groups excluding carboxylic acids is 2. The Morgan fingerprint density at radius 3 is 2.58 bits per heavy atom. The van der Waals surface area contributed by atoms with Crippen molar-refractivity contribution in [1.82, 2.24) is 19.4 Å². The average Bonchev–Trinajstić information content (AvgIpc) is 3.75. The second-order valence-corrected chi connectivity index (χ2v) is 14.5. The molecular formula is C34H46N6O9S. The van der Waals surface area contributed by atoms with Crippen LogP contribution >= 0.6 is 0 Å². The lowest BCUT2D eigenvalue weighted by Crippen LogP contribution is -2.48. The van der Waals surface area contributed by atoms with Gasteiger partial charge in [0.15, 0.2) is 16.5 Å². The highest BCUT2D eigenvalue weighted by molar-refractivity contribution is 7.92. The molecule has 0 aliphatic carbocycles. The fourth-order valence-electron chi connectivity index (χ4n) is 5.73. The fraction of sp³-hybridized carbons (Fsp3) is 0.500. The van der Waals surface area contributed by atoms with Crippen LogP contribution in [0.4, 0.5) is 16.2 Å². The molecule has 272 valence electrons. The van der Waals surface area contributed by atoms with Crippen LogP contribution < -0.4 is 24.2 Å². The molecule has 16 heteroatoms. The van der Waals surface area contributed by atoms with Crippen molar-refractivity contribution in [3.63, 3.8) is 0 Å². The first-order chi connectivity index (χ1) is 23.8. The quantitative estimate of drug-likeness (QED) is 0.311. The van der Waals surface area contributed by atoms with Crippen molar-refractivity contribution in [3.05, 3.63) is 54.5 Å². The zero-order chi connectivity index (χ0) is 36.0. The number of rotatable bonds is 8. The van der Waals surface area contributed by atoms with Gasteiger partial charge in [-0.1, -0.05) is 6.92 Å². The highest BCUT2D eigenvalue weighted by Crippen LogP contribution is 2.34. The van der Waals surface area contributed by atoms with Crippen molar-refractivity contribution in [2.75, 3.05) is 50.2 Å². The average molecular weight is 715 g/mol. The van der Waals surface area contributed by atoms with Gasteiger partial charge in [-0.2, -0.15) is 8.42 Å². The number of hydrogen-bond acceptors (Lipinski definition) is 10. The van der Waals surface area contributed by atoms with Crippen molar-refractivity contribution in [3.8, 4) is 17.2 Å². The number of aliphatic hydroxyl groups excluding tert-OH is 1. The SMILES string of the molecule is C[C@@H]1CN([C@H](C)CO)C(=O)c2cc(NS(=O)(=O)c3cn(C)cn3)ccc2O[C@@H](C)CCCCO[C@H]1CN(C)C(=O)Nc1ccc2c(c1)OCO2. The number of carbonyl (C=O) groups is 2. The van der Waals surface area contributed by atoms with Crippen LogP contribution in [-0.2, 0) is 21.8 Å². The number of aliphatic hydroxyl groups is 1. The van der Waals surface area contributed by atoms with Crippen molar-refractivity contribution >= 4 is 33.3 Å². The normalized spacial score (nSPS) is 20.6. The van der Waals surface area contributed by atoms with E-state index in [0.29, 0.717) is 36.0 Å². The Morgan fingerprint density at radius 2 is 1.84 bits per heavy atom. The van der Waals surface area contributed by atoms with Gasteiger partial charge in [0.2, 0.25) is 6.79 Å². The molecule has 50 heavy (non-hydrogen) atoms. The molecule has 0 radical (unpaired) electrons. The third-order valence-corrected chi connectivity index (χ3v) is 9.95. The Hall–Kier alpha value is -4.54. The predicted molar refractivity (Wildman–Crippen MR) is 185 cm³/mol. The summed E-state index contributed by atoms with van der Waals surface area (Å²) >= 11 is 0. The number of hydrogen-bond donors (Lipinski definition) is 3. The summed E-state index contributed by atoms with van der Waals surface area (Å²) in [5, 5.41) is 13.0. The summed E-state index contributed by atoms with van der Waals surface area (Å²) in [6.07, 6.45) is 4.26. The van der Waals surface area contributed by atoms with Crippen LogP contribution in [0.25, 0.3) is 0 Å². The largest absolute Gasteiger partial charge is 0.490 e. The number of likely N-dealkylation sites (N-methyl/N-ethyl adjacent to an activating group) is 1. The minimum Gasteiger partial charge on any atom is -0.490 e. The van der Waals surface area contributed by atoms with Crippen LogP contribution in [0.1, 0.15) is 50.4 Å². The maximum atomic E-state index is 14.4. The minimum absolute atomic E-state index is 0.126. The summed E-state index contributed by atoms with van der Waals surface area (Å²) in [6, 6.07) is 8.78. The lowest BCUT2D eigenvalue weighted by molar-refractivity contribution is -0.0115. The lowest BCUT2D eigenvalue weighted by Gasteiger charge is -2.35. The van der Waals surface area contributed by atoms with E-state index in [2.05, 4.69) is 15.0 Å². The fourth-order valence-corrected chi connectivity index (χ4v) is 6.76. The van der Waals surface area contributed by atoms with Gasteiger partial charge >= 0.3 is 6.03 Å². The van der Waals surface area contributed by atoms with Crippen LogP contribution in [-0.4, -0.2) is 103 Å². The highest BCUT2D eigenvalue weighted by Gasteiger charge is 2.31. The molecule has 2 aromatic carbocycles. The summed E-state index contributed by atoms with van der Waals surface area (Å²) in [5.74, 6) is 0.723. The van der Waals surface area contributed by atoms with Crippen molar-refractivity contribution in [1.29, 1.82) is 0 Å². The van der Waals surface area contributed by atoms with Crippen LogP contribution in [0.15, 0.2) is 53.9 Å². The Balaban J connectivity index is 1.38. The summed E-state index contributed by atoms with van der Waals surface area (Å²) < 4.78 is 53.6. The van der Waals surface area contributed by atoms with Gasteiger partial charge in [-0.25, -0.2) is 9.78 Å². The summed E-state index contributed by atoms with van der Waals surface area (Å²) in [5.41, 5.74) is 0.845. The molecule has 1 aromatic heterocycles. The predicted octanol–water partition coefficient (Wildman–Crippen LogP) is 3.91. The number of aromatic nitrogens is 2. The molecule has 3 heterocycles. The number of amides is 3. The summed E-state index contributed by atoms with van der Waals surface area (Å²) in [4.78, 5) is 34.6. The summed E-state index contributed by atoms with van der Waals surface area (Å²) in [7, 11) is -0.706. The smallest absolute Gasteiger partial charge is 0.321 e. The third kappa shape index (κ3) is 8.97. The standard InChI is InChI=1S/C34H46N6O9S/c1-22-16-40(23(2)19-41)33(42)27-14-26(37-50(44,45)32-18-38(4)20-35-32)10-11-28(27)49-24(3)8-6-7-13-46-31(22)17-39(5)34(43)36-25-9-12-29-30(15-25)48-21-47-29/h9-12,14-15,18,20,22-24,31,37,41H,6-8,13,16-17,19,21H2,1-5H3,(H,36,43)/t22-,23-,24+,31+/m1/s1. The molecule has 5 rings (SSSR count). The molecule has 0 unspecified atom stereocenters. The number of nitrogens with one attached hydrogen (secondary N) is 2. The number of aryl methyl sites for hydroxylation is 1. The van der Waals surface area contributed by atoms with Crippen LogP contribution in [0.3, 0.4) is 0 Å². The van der Waals surface area contributed by atoms with Gasteiger partial charge < -0.3 is 43.7 Å². The topological polar surface area (TPSA) is 174 Å². The molecule has 0 bridgehead atoms. The highest BCUT2D eigenvalue weighted by atomic mass is 32.2. The monoisotopic (exact) mass is 714 g/mol. The minimum atomic E-state index is -4.04. The van der Waals surface area contributed by atoms with E-state index < -0.39 is 28.1 Å². The number of nitrogens with zero attached hydrogens (tertiary/aromatic N) is 4. The van der Waals surface area contributed by atoms with E-state index >= 15 is 0 Å². The van der Waals surface area contributed by atoms with Gasteiger partial charge in [-0.05, 0) is 63.4 Å². The van der Waals surface area contributed by atoms with Gasteiger partial charge in [0.25, 0.3) is 15.9 Å². The molecule has 3 N–H and O–H groups in total. The summed E-state index contributed by atoms with van der Waals surface area (Å²) in [6.45, 7) is 6.21. The van der Waals surface area contributed by atoms with E-state index in [1.807, 2.05) is 13.8 Å². The van der Waals surface area contributed by atoms with Gasteiger partial charge in [0, 0.05) is 63.3 Å². The molecule has 3 amide bonds. The first kappa shape index (κ1) is 36.7. The zero-order valence-electron chi connectivity index (χ0n) is 29.0. The number of urea groups is 1. The number of sulfonamides is 1. The van der Waals surface area contributed by atoms with Crippen LogP contribution in [0, 0.1) is 5.92 Å². The maximum Gasteiger partial charge on any atom is 0.321 e. The number of imidazole rings is 1. The van der Waals surface area contributed by atoms with Crippen LogP contribution in [0.5, 0.6) is 17.2 Å². The van der Waals surface area contributed by atoms with Gasteiger partial charge in [0.05, 0.1) is 36.7 Å². The Labute approximate surface area is 292 Å². The first-order valence-electron chi connectivity index (χ1n) is 16.6. The second-order valence-electron chi connectivity index (χ2n) is 12.9. The molecular weight excluding hydrogens is 668 g/mol.